The third-order valence-electron chi connectivity index (χ3n) is 7.58. The Labute approximate surface area is 251 Å². The molecule has 11 heteroatoms. The molecule has 4 heterocycles. The first-order valence-corrected chi connectivity index (χ1v) is 15.5. The van der Waals surface area contributed by atoms with Crippen molar-refractivity contribution in [2.24, 2.45) is 0 Å². The Morgan fingerprint density at radius 3 is 2.64 bits per heavy atom. The molecule has 9 nitrogen and oxygen atoms in total. The minimum atomic E-state index is -1.03. The Kier molecular flexibility index (Phi) is 8.03. The summed E-state index contributed by atoms with van der Waals surface area (Å²) in [7, 11) is 1.60. The number of carbonyl (C=O) groups excluding carboxylic acids is 3. The monoisotopic (exact) mass is 602 g/mol. The van der Waals surface area contributed by atoms with Gasteiger partial charge in [-0.3, -0.25) is 14.4 Å². The van der Waals surface area contributed by atoms with E-state index in [4.69, 9.17) is 9.47 Å². The van der Waals surface area contributed by atoms with Crippen molar-refractivity contribution in [3.05, 3.63) is 106 Å². The van der Waals surface area contributed by atoms with Gasteiger partial charge in [-0.2, -0.15) is 0 Å². The first-order chi connectivity index (χ1) is 20.4. The highest BCUT2D eigenvalue weighted by molar-refractivity contribution is 8.00. The molecule has 6 rings (SSSR count). The number of imidazole rings is 1. The average Bonchev–Trinajstić information content (AvgIpc) is 3.72. The van der Waals surface area contributed by atoms with Crippen molar-refractivity contribution in [2.75, 3.05) is 19.4 Å². The molecule has 2 aromatic heterocycles. The topological polar surface area (TPSA) is 103 Å². The van der Waals surface area contributed by atoms with E-state index in [0.29, 0.717) is 12.3 Å². The van der Waals surface area contributed by atoms with Gasteiger partial charge in [0, 0.05) is 36.1 Å². The zero-order chi connectivity index (χ0) is 29.1. The number of hydrogen-bond donors (Lipinski definition) is 1. The van der Waals surface area contributed by atoms with Gasteiger partial charge in [0.05, 0.1) is 19.9 Å². The van der Waals surface area contributed by atoms with E-state index in [1.165, 1.54) is 23.1 Å². The van der Waals surface area contributed by atoms with Crippen molar-refractivity contribution in [3.8, 4) is 5.75 Å². The van der Waals surface area contributed by atoms with Gasteiger partial charge in [-0.05, 0) is 40.3 Å². The molecule has 4 aromatic rings. The van der Waals surface area contributed by atoms with Crippen LogP contribution in [-0.2, 0) is 44.1 Å². The second kappa shape index (κ2) is 12.0. The maximum atomic E-state index is 13.9. The van der Waals surface area contributed by atoms with Crippen LogP contribution in [0.15, 0.2) is 84.8 Å². The number of hydrogen-bond acceptors (Lipinski definition) is 8. The highest BCUT2D eigenvalue weighted by Crippen LogP contribution is 2.46. The van der Waals surface area contributed by atoms with Gasteiger partial charge in [0.2, 0.25) is 11.8 Å². The predicted molar refractivity (Wildman–Crippen MR) is 160 cm³/mol. The molecule has 2 aromatic carbocycles. The summed E-state index contributed by atoms with van der Waals surface area (Å²) in [6.45, 7) is 0.931. The summed E-state index contributed by atoms with van der Waals surface area (Å²) in [6.07, 6.45) is 5.58. The highest BCUT2D eigenvalue weighted by atomic mass is 32.2. The van der Waals surface area contributed by atoms with E-state index >= 15 is 0 Å². The summed E-state index contributed by atoms with van der Waals surface area (Å²) in [5, 5.41) is 4.72. The highest BCUT2D eigenvalue weighted by Gasteiger charge is 2.59. The lowest BCUT2D eigenvalue weighted by Gasteiger charge is -2.54. The van der Waals surface area contributed by atoms with Crippen LogP contribution < -0.4 is 10.1 Å². The van der Waals surface area contributed by atoms with Gasteiger partial charge < -0.3 is 24.3 Å². The molecule has 216 valence electrons. The minimum absolute atomic E-state index is 0.109. The molecule has 2 fully saturated rings. The number of aromatic nitrogens is 2. The van der Waals surface area contributed by atoms with E-state index in [-0.39, 0.29) is 42.7 Å². The standard InChI is InChI=1S/C31H30N4O5S2/c1-39-24-9-7-22(8-10-24)16-40-30(38)31(25-13-23(17-41-25)15-34-12-11-32-20-34)18-35-28(37)27(29(35)42-19-31)33-26(36)14-21-5-3-2-4-6-21/h2-13,17,20,27,29H,14-16,18-19H2,1H3,(H,33,36)/t27-,29-,31?/m1/s1. The Bertz CT molecular complexity index is 1560. The lowest BCUT2D eigenvalue weighted by Crippen LogP contribution is -2.74. The first kappa shape index (κ1) is 28.0. The molecule has 42 heavy (non-hydrogen) atoms. The predicted octanol–water partition coefficient (Wildman–Crippen LogP) is 3.63. The number of esters is 1. The van der Waals surface area contributed by atoms with Crippen molar-refractivity contribution in [1.29, 1.82) is 0 Å². The van der Waals surface area contributed by atoms with Gasteiger partial charge in [0.15, 0.2) is 0 Å². The number of rotatable bonds is 10. The molecule has 0 aliphatic carbocycles. The maximum absolute atomic E-state index is 13.9. The number of nitrogens with one attached hydrogen (secondary N) is 1. The summed E-state index contributed by atoms with van der Waals surface area (Å²) in [5.41, 5.74) is 1.75. The zero-order valence-electron chi connectivity index (χ0n) is 23.0. The molecule has 2 aliphatic rings. The maximum Gasteiger partial charge on any atom is 0.320 e. The Morgan fingerprint density at radius 2 is 1.90 bits per heavy atom. The molecule has 2 aliphatic heterocycles. The van der Waals surface area contributed by atoms with Crippen molar-refractivity contribution in [1.82, 2.24) is 19.8 Å². The molecular formula is C31H30N4O5S2. The van der Waals surface area contributed by atoms with E-state index in [1.807, 2.05) is 76.8 Å². The summed E-state index contributed by atoms with van der Waals surface area (Å²) < 4.78 is 13.1. The summed E-state index contributed by atoms with van der Waals surface area (Å²) in [6, 6.07) is 18.2. The van der Waals surface area contributed by atoms with E-state index < -0.39 is 11.5 Å². The summed E-state index contributed by atoms with van der Waals surface area (Å²) in [4.78, 5) is 46.6. The van der Waals surface area contributed by atoms with Gasteiger partial charge in [-0.1, -0.05) is 42.5 Å². The zero-order valence-corrected chi connectivity index (χ0v) is 24.6. The molecule has 1 N–H and O–H groups in total. The van der Waals surface area contributed by atoms with E-state index in [2.05, 4.69) is 10.3 Å². The number of thioether (sulfide) groups is 1. The van der Waals surface area contributed by atoms with Crippen LogP contribution in [0, 0.1) is 0 Å². The minimum Gasteiger partial charge on any atom is -0.497 e. The number of benzene rings is 2. The Morgan fingerprint density at radius 1 is 1.10 bits per heavy atom. The van der Waals surface area contributed by atoms with Crippen LogP contribution in [0.4, 0.5) is 0 Å². The van der Waals surface area contributed by atoms with Crippen molar-refractivity contribution in [2.45, 2.75) is 36.4 Å². The Hall–Kier alpha value is -4.09. The van der Waals surface area contributed by atoms with E-state index in [1.54, 1.807) is 24.5 Å². The number of ether oxygens (including phenoxy) is 2. The van der Waals surface area contributed by atoms with Gasteiger partial charge in [-0.15, -0.1) is 23.1 Å². The number of nitrogens with zero attached hydrogens (tertiary/aromatic N) is 3. The smallest absolute Gasteiger partial charge is 0.320 e. The fourth-order valence-electron chi connectivity index (χ4n) is 5.26. The lowest BCUT2D eigenvalue weighted by atomic mass is 9.85. The fraction of sp³-hybridized carbons (Fsp3) is 0.290. The van der Waals surface area contributed by atoms with Crippen LogP contribution in [0.3, 0.4) is 0 Å². The number of thiophene rings is 1. The third kappa shape index (κ3) is 5.66. The molecule has 1 unspecified atom stereocenters. The molecule has 0 radical (unpaired) electrons. The van der Waals surface area contributed by atoms with Crippen LogP contribution in [0.2, 0.25) is 0 Å². The summed E-state index contributed by atoms with van der Waals surface area (Å²) >= 11 is 3.01. The van der Waals surface area contributed by atoms with Gasteiger partial charge in [0.25, 0.3) is 0 Å². The molecule has 0 bridgehead atoms. The second-order valence-corrected chi connectivity index (χ2v) is 12.5. The summed E-state index contributed by atoms with van der Waals surface area (Å²) in [5.74, 6) is 0.402. The number of fused-ring (bicyclic) bond motifs is 1. The number of amides is 2. The van der Waals surface area contributed by atoms with Gasteiger partial charge >= 0.3 is 5.97 Å². The quantitative estimate of drug-likeness (QED) is 0.219. The molecule has 0 saturated carbocycles. The molecule has 0 spiro atoms. The van der Waals surface area contributed by atoms with Gasteiger partial charge in [0.1, 0.15) is 29.2 Å². The van der Waals surface area contributed by atoms with Crippen LogP contribution in [-0.4, -0.2) is 63.1 Å². The van der Waals surface area contributed by atoms with Crippen LogP contribution >= 0.6 is 23.1 Å². The van der Waals surface area contributed by atoms with Crippen LogP contribution in [0.25, 0.3) is 0 Å². The molecule has 2 saturated heterocycles. The normalized spacial score (nSPS) is 21.3. The largest absolute Gasteiger partial charge is 0.497 e. The molecular weight excluding hydrogens is 572 g/mol. The number of β-lactam (4-membered cyclic amide) rings is 1. The first-order valence-electron chi connectivity index (χ1n) is 13.5. The number of carbonyl (C=O) groups is 3. The van der Waals surface area contributed by atoms with E-state index in [0.717, 1.165) is 27.3 Å². The van der Waals surface area contributed by atoms with Crippen molar-refractivity contribution < 1.29 is 23.9 Å². The number of methoxy groups -OCH3 is 1. The molecule has 3 atom stereocenters. The van der Waals surface area contributed by atoms with Gasteiger partial charge in [-0.25, -0.2) is 4.98 Å². The van der Waals surface area contributed by atoms with Crippen molar-refractivity contribution >= 4 is 40.9 Å². The lowest BCUT2D eigenvalue weighted by molar-refractivity contribution is -0.158. The third-order valence-corrected chi connectivity index (χ3v) is 10.3. The fourth-order valence-corrected chi connectivity index (χ4v) is 8.00. The molecule has 2 amide bonds. The SMILES string of the molecule is COc1ccc(COC(=O)C2(c3cc(Cn4ccnc4)cs3)CS[C@@H]3[C@H](NC(=O)Cc4ccccc4)C(=O)N3C2)cc1. The van der Waals surface area contributed by atoms with Crippen LogP contribution in [0.5, 0.6) is 5.75 Å². The average molecular weight is 603 g/mol. The Balaban J connectivity index is 1.18. The van der Waals surface area contributed by atoms with E-state index in [9.17, 15) is 14.4 Å². The second-order valence-electron chi connectivity index (χ2n) is 10.4. The van der Waals surface area contributed by atoms with Crippen molar-refractivity contribution in [3.63, 3.8) is 0 Å². The van der Waals surface area contributed by atoms with Crippen LogP contribution in [0.1, 0.15) is 21.6 Å².